The van der Waals surface area contributed by atoms with Crippen LogP contribution in [0.4, 0.5) is 0 Å². The molecule has 1 saturated heterocycles. The first-order chi connectivity index (χ1) is 13.4. The van der Waals surface area contributed by atoms with Crippen LogP contribution in [0.3, 0.4) is 0 Å². The molecule has 1 aliphatic heterocycles. The summed E-state index contributed by atoms with van der Waals surface area (Å²) in [5.41, 5.74) is 3.63. The highest BCUT2D eigenvalue weighted by Gasteiger charge is 2.30. The highest BCUT2D eigenvalue weighted by Crippen LogP contribution is 2.22. The highest BCUT2D eigenvalue weighted by molar-refractivity contribution is 6.03. The number of rotatable bonds is 6. The summed E-state index contributed by atoms with van der Waals surface area (Å²) in [6, 6.07) is 10.2. The van der Waals surface area contributed by atoms with Gasteiger partial charge in [-0.2, -0.15) is 0 Å². The smallest absolute Gasteiger partial charge is 0.339 e. The van der Waals surface area contributed by atoms with Gasteiger partial charge in [-0.05, 0) is 31.9 Å². The Morgan fingerprint density at radius 2 is 1.75 bits per heavy atom. The van der Waals surface area contributed by atoms with Gasteiger partial charge in [-0.25, -0.2) is 4.79 Å². The molecular formula is C22H29N3O3. The number of H-pyrrole nitrogens is 1. The number of aromatic nitrogens is 1. The van der Waals surface area contributed by atoms with Gasteiger partial charge in [0.2, 0.25) is 0 Å². The molecule has 3 rings (SSSR count). The van der Waals surface area contributed by atoms with Crippen LogP contribution in [0.2, 0.25) is 0 Å². The molecule has 2 heterocycles. The minimum absolute atomic E-state index is 0.0206. The third kappa shape index (κ3) is 4.18. The van der Waals surface area contributed by atoms with Gasteiger partial charge in [0, 0.05) is 38.4 Å². The number of nitrogens with one attached hydrogen (secondary N) is 1. The van der Waals surface area contributed by atoms with Crippen LogP contribution < -0.4 is 0 Å². The van der Waals surface area contributed by atoms with Crippen molar-refractivity contribution < 1.29 is 14.3 Å². The number of hydrogen-bond acceptors (Lipinski definition) is 5. The highest BCUT2D eigenvalue weighted by atomic mass is 16.5. The number of piperazine rings is 1. The Labute approximate surface area is 166 Å². The number of nitrogens with zero attached hydrogens (tertiary/aromatic N) is 2. The van der Waals surface area contributed by atoms with E-state index in [1.807, 2.05) is 13.0 Å². The Morgan fingerprint density at radius 1 is 1.11 bits per heavy atom. The van der Waals surface area contributed by atoms with Gasteiger partial charge in [0.05, 0.1) is 24.4 Å². The minimum atomic E-state index is -0.410. The van der Waals surface area contributed by atoms with Gasteiger partial charge in [0.1, 0.15) is 0 Å². The van der Waals surface area contributed by atoms with Crippen LogP contribution >= 0.6 is 0 Å². The lowest BCUT2D eigenvalue weighted by Crippen LogP contribution is -2.51. The molecule has 1 unspecified atom stereocenters. The molecule has 6 heteroatoms. The summed E-state index contributed by atoms with van der Waals surface area (Å²) in [5, 5.41) is 0. The second-order valence-corrected chi connectivity index (χ2v) is 7.45. The van der Waals surface area contributed by atoms with E-state index in [1.165, 1.54) is 12.7 Å². The third-order valence-electron chi connectivity index (χ3n) is 5.66. The molecule has 0 bridgehead atoms. The molecule has 1 aliphatic rings. The number of methoxy groups -OCH3 is 1. The lowest BCUT2D eigenvalue weighted by atomic mass is 10.0. The van der Waals surface area contributed by atoms with Crippen LogP contribution in [0.5, 0.6) is 0 Å². The number of aryl methyl sites for hydroxylation is 1. The lowest BCUT2D eigenvalue weighted by molar-refractivity contribution is 0.0599. The molecule has 0 aliphatic carbocycles. The topological polar surface area (TPSA) is 65.6 Å². The van der Waals surface area contributed by atoms with E-state index in [2.05, 4.69) is 39.0 Å². The third-order valence-corrected chi connectivity index (χ3v) is 5.66. The second kappa shape index (κ2) is 8.71. The van der Waals surface area contributed by atoms with Gasteiger partial charge in [-0.15, -0.1) is 0 Å². The number of hydrogen-bond donors (Lipinski definition) is 1. The average Bonchev–Trinajstić information content (AvgIpc) is 3.01. The summed E-state index contributed by atoms with van der Waals surface area (Å²) in [6.07, 6.45) is 0. The number of aromatic amines is 1. The van der Waals surface area contributed by atoms with E-state index >= 15 is 0 Å². The van der Waals surface area contributed by atoms with E-state index < -0.39 is 5.97 Å². The number of Topliss-reactive ketones (excluding diaryl/α,β-unsaturated/α-hetero) is 1. The van der Waals surface area contributed by atoms with Crippen LogP contribution in [0, 0.1) is 13.8 Å². The van der Waals surface area contributed by atoms with Crippen molar-refractivity contribution in [2.75, 3.05) is 33.3 Å². The molecule has 2 aromatic rings. The van der Waals surface area contributed by atoms with Gasteiger partial charge >= 0.3 is 5.97 Å². The van der Waals surface area contributed by atoms with Crippen molar-refractivity contribution in [1.29, 1.82) is 0 Å². The van der Waals surface area contributed by atoms with Crippen LogP contribution in [0.1, 0.15) is 44.6 Å². The van der Waals surface area contributed by atoms with Gasteiger partial charge < -0.3 is 9.72 Å². The van der Waals surface area contributed by atoms with Gasteiger partial charge in [0.25, 0.3) is 0 Å². The number of esters is 1. The first kappa shape index (κ1) is 20.3. The van der Waals surface area contributed by atoms with E-state index in [9.17, 15) is 9.59 Å². The van der Waals surface area contributed by atoms with E-state index in [-0.39, 0.29) is 11.8 Å². The zero-order chi connectivity index (χ0) is 20.3. The summed E-state index contributed by atoms with van der Waals surface area (Å²) >= 11 is 0. The van der Waals surface area contributed by atoms with E-state index in [4.69, 9.17) is 4.74 Å². The van der Waals surface area contributed by atoms with Crippen molar-refractivity contribution in [1.82, 2.24) is 14.8 Å². The molecule has 0 radical (unpaired) electrons. The van der Waals surface area contributed by atoms with Crippen molar-refractivity contribution in [3.63, 3.8) is 0 Å². The molecule has 0 spiro atoms. The van der Waals surface area contributed by atoms with E-state index in [0.29, 0.717) is 22.5 Å². The van der Waals surface area contributed by atoms with Crippen LogP contribution in [-0.4, -0.2) is 65.9 Å². The minimum Gasteiger partial charge on any atom is -0.465 e. The predicted molar refractivity (Wildman–Crippen MR) is 109 cm³/mol. The fourth-order valence-electron chi connectivity index (χ4n) is 3.93. The molecule has 1 aromatic heterocycles. The molecule has 6 nitrogen and oxygen atoms in total. The zero-order valence-corrected chi connectivity index (χ0v) is 17.1. The summed E-state index contributed by atoms with van der Waals surface area (Å²) in [5.74, 6) is -0.389. The largest absolute Gasteiger partial charge is 0.465 e. The Bertz CT molecular complexity index is 836. The molecule has 1 atom stereocenters. The maximum Gasteiger partial charge on any atom is 0.339 e. The Morgan fingerprint density at radius 3 is 2.36 bits per heavy atom. The zero-order valence-electron chi connectivity index (χ0n) is 17.1. The lowest BCUT2D eigenvalue weighted by Gasteiger charge is -2.37. The number of carbonyl (C=O) groups excluding carboxylic acids is 2. The normalized spacial score (nSPS) is 16.7. The van der Waals surface area contributed by atoms with Crippen LogP contribution in [0.25, 0.3) is 0 Å². The second-order valence-electron chi connectivity index (χ2n) is 7.45. The van der Waals surface area contributed by atoms with Gasteiger partial charge in [-0.1, -0.05) is 30.3 Å². The molecule has 1 N–H and O–H groups in total. The quantitative estimate of drug-likeness (QED) is 0.614. The predicted octanol–water partition coefficient (Wildman–Crippen LogP) is 2.81. The standard InChI is InChI=1S/C22H29N3O3/c1-15-19(22(27)28-4)16(2)23-20(15)21(26)17(3)25-12-10-24(11-13-25)14-18-8-6-5-7-9-18/h5-9,17,23H,10-14H2,1-4H3. The maximum atomic E-state index is 13.1. The number of benzene rings is 1. The first-order valence-corrected chi connectivity index (χ1v) is 9.74. The SMILES string of the molecule is COC(=O)c1c(C)[nH]c(C(=O)C(C)N2CCN(Cc3ccccc3)CC2)c1C. The molecular weight excluding hydrogens is 354 g/mol. The fourth-order valence-corrected chi connectivity index (χ4v) is 3.93. The molecule has 1 aromatic carbocycles. The van der Waals surface area contributed by atoms with Gasteiger partial charge in [-0.3, -0.25) is 14.6 Å². The average molecular weight is 383 g/mol. The Kier molecular flexibility index (Phi) is 6.31. The van der Waals surface area contributed by atoms with Crippen molar-refractivity contribution in [3.05, 3.63) is 58.4 Å². The van der Waals surface area contributed by atoms with E-state index in [1.54, 1.807) is 13.8 Å². The molecule has 28 heavy (non-hydrogen) atoms. The van der Waals surface area contributed by atoms with Crippen molar-refractivity contribution >= 4 is 11.8 Å². The monoisotopic (exact) mass is 383 g/mol. The Hall–Kier alpha value is -2.44. The molecule has 0 saturated carbocycles. The summed E-state index contributed by atoms with van der Waals surface area (Å²) in [7, 11) is 1.35. The molecule has 1 fully saturated rings. The number of ether oxygens (including phenoxy) is 1. The number of ketones is 1. The molecule has 150 valence electrons. The van der Waals surface area contributed by atoms with Crippen molar-refractivity contribution in [2.24, 2.45) is 0 Å². The van der Waals surface area contributed by atoms with Crippen LogP contribution in [-0.2, 0) is 11.3 Å². The van der Waals surface area contributed by atoms with Crippen LogP contribution in [0.15, 0.2) is 30.3 Å². The summed E-state index contributed by atoms with van der Waals surface area (Å²) in [6.45, 7) is 10.0. The van der Waals surface area contributed by atoms with E-state index in [0.717, 1.165) is 32.7 Å². The molecule has 0 amide bonds. The fraction of sp³-hybridized carbons (Fsp3) is 0.455. The summed E-state index contributed by atoms with van der Waals surface area (Å²) < 4.78 is 4.84. The Balaban J connectivity index is 1.63. The van der Waals surface area contributed by atoms with Crippen molar-refractivity contribution in [3.8, 4) is 0 Å². The summed E-state index contributed by atoms with van der Waals surface area (Å²) in [4.78, 5) is 32.8. The van der Waals surface area contributed by atoms with Crippen molar-refractivity contribution in [2.45, 2.75) is 33.4 Å². The maximum absolute atomic E-state index is 13.1. The number of carbonyl (C=O) groups is 2. The first-order valence-electron chi connectivity index (χ1n) is 9.74. The van der Waals surface area contributed by atoms with Gasteiger partial charge in [0.15, 0.2) is 5.78 Å².